The molecule has 0 bridgehead atoms. The zero-order valence-corrected chi connectivity index (χ0v) is 12.9. The number of aryl methyl sites for hydroxylation is 1. The first-order valence-corrected chi connectivity index (χ1v) is 7.75. The van der Waals surface area contributed by atoms with Gasteiger partial charge in [-0.15, -0.1) is 11.8 Å². The van der Waals surface area contributed by atoms with E-state index in [9.17, 15) is 4.79 Å². The second-order valence-corrected chi connectivity index (χ2v) is 6.39. The number of methoxy groups -OCH3 is 1. The fourth-order valence-electron chi connectivity index (χ4n) is 2.40. The summed E-state index contributed by atoms with van der Waals surface area (Å²) in [5.41, 5.74) is 3.26. The van der Waals surface area contributed by atoms with E-state index in [0.29, 0.717) is 0 Å². The number of carbonyl (C=O) groups excluding carboxylic acids is 1. The van der Waals surface area contributed by atoms with Gasteiger partial charge in [0.25, 0.3) is 0 Å². The lowest BCUT2D eigenvalue weighted by atomic mass is 10.1. The molecular formula is C17H17NO2S. The average molecular weight is 299 g/mol. The number of nitrogens with one attached hydrogen (secondary N) is 1. The molecule has 108 valence electrons. The van der Waals surface area contributed by atoms with Crippen molar-refractivity contribution in [1.29, 1.82) is 0 Å². The van der Waals surface area contributed by atoms with E-state index < -0.39 is 0 Å². The van der Waals surface area contributed by atoms with E-state index in [1.807, 2.05) is 24.3 Å². The third-order valence-corrected chi connectivity index (χ3v) is 4.83. The fraction of sp³-hybridized carbons (Fsp3) is 0.235. The van der Waals surface area contributed by atoms with Crippen LogP contribution in [-0.4, -0.2) is 18.3 Å². The van der Waals surface area contributed by atoms with Gasteiger partial charge in [-0.25, -0.2) is 0 Å². The van der Waals surface area contributed by atoms with Gasteiger partial charge in [0, 0.05) is 16.6 Å². The van der Waals surface area contributed by atoms with Gasteiger partial charge in [-0.2, -0.15) is 0 Å². The summed E-state index contributed by atoms with van der Waals surface area (Å²) in [5.74, 6) is 0.785. The summed E-state index contributed by atoms with van der Waals surface area (Å²) in [6.45, 7) is 2.07. The molecular weight excluding hydrogens is 282 g/mol. The second kappa shape index (κ2) is 5.82. The SMILES string of the molecule is COc1cccc(NC(=O)[C@@H]2Cc3ccc(C)cc3S2)c1. The number of amides is 1. The molecule has 0 aliphatic carbocycles. The molecule has 1 aliphatic heterocycles. The Morgan fingerprint density at radius 1 is 1.29 bits per heavy atom. The molecule has 3 nitrogen and oxygen atoms in total. The Kier molecular flexibility index (Phi) is 3.88. The number of fused-ring (bicyclic) bond motifs is 1. The monoisotopic (exact) mass is 299 g/mol. The highest BCUT2D eigenvalue weighted by atomic mass is 32.2. The summed E-state index contributed by atoms with van der Waals surface area (Å²) in [6, 6.07) is 13.8. The summed E-state index contributed by atoms with van der Waals surface area (Å²) in [4.78, 5) is 13.6. The number of hydrogen-bond donors (Lipinski definition) is 1. The maximum atomic E-state index is 12.4. The van der Waals surface area contributed by atoms with Gasteiger partial charge in [0.15, 0.2) is 0 Å². The van der Waals surface area contributed by atoms with Crippen molar-refractivity contribution >= 4 is 23.4 Å². The summed E-state index contributed by atoms with van der Waals surface area (Å²) in [5, 5.41) is 2.91. The van der Waals surface area contributed by atoms with Crippen LogP contribution >= 0.6 is 11.8 Å². The van der Waals surface area contributed by atoms with Crippen LogP contribution in [0, 0.1) is 6.92 Å². The molecule has 2 aromatic carbocycles. The van der Waals surface area contributed by atoms with E-state index in [0.717, 1.165) is 17.9 Å². The number of hydrogen-bond acceptors (Lipinski definition) is 3. The van der Waals surface area contributed by atoms with Gasteiger partial charge >= 0.3 is 0 Å². The first-order valence-electron chi connectivity index (χ1n) is 6.87. The largest absolute Gasteiger partial charge is 0.497 e. The molecule has 0 saturated carbocycles. The highest BCUT2D eigenvalue weighted by molar-refractivity contribution is 8.01. The van der Waals surface area contributed by atoms with Crippen molar-refractivity contribution in [2.45, 2.75) is 23.5 Å². The standard InChI is InChI=1S/C17H17NO2S/c1-11-6-7-12-9-16(21-15(12)8-11)17(19)18-13-4-3-5-14(10-13)20-2/h3-8,10,16H,9H2,1-2H3,(H,18,19)/t16-/m0/s1. The van der Waals surface area contributed by atoms with Crippen LogP contribution in [0.3, 0.4) is 0 Å². The number of benzene rings is 2. The smallest absolute Gasteiger partial charge is 0.238 e. The first-order chi connectivity index (χ1) is 10.2. The van der Waals surface area contributed by atoms with Crippen molar-refractivity contribution in [2.75, 3.05) is 12.4 Å². The molecule has 1 aliphatic rings. The van der Waals surface area contributed by atoms with Gasteiger partial charge < -0.3 is 10.1 Å². The second-order valence-electron chi connectivity index (χ2n) is 5.14. The van der Waals surface area contributed by atoms with Crippen LogP contribution in [0.15, 0.2) is 47.4 Å². The molecule has 2 aromatic rings. The van der Waals surface area contributed by atoms with Gasteiger partial charge in [0.1, 0.15) is 5.75 Å². The predicted molar refractivity (Wildman–Crippen MR) is 86.2 cm³/mol. The fourth-order valence-corrected chi connectivity index (χ4v) is 3.70. The highest BCUT2D eigenvalue weighted by Gasteiger charge is 2.28. The molecule has 1 atom stereocenters. The maximum absolute atomic E-state index is 12.4. The summed E-state index contributed by atoms with van der Waals surface area (Å²) >= 11 is 1.64. The Labute approximate surface area is 128 Å². The number of anilines is 1. The summed E-state index contributed by atoms with van der Waals surface area (Å²) in [7, 11) is 1.62. The van der Waals surface area contributed by atoms with E-state index >= 15 is 0 Å². The van der Waals surface area contributed by atoms with Crippen molar-refractivity contribution < 1.29 is 9.53 Å². The van der Waals surface area contributed by atoms with Crippen molar-refractivity contribution in [3.8, 4) is 5.75 Å². The van der Waals surface area contributed by atoms with Crippen LogP contribution in [0.2, 0.25) is 0 Å². The molecule has 0 radical (unpaired) electrons. The molecule has 1 heterocycles. The zero-order valence-electron chi connectivity index (χ0n) is 12.1. The molecule has 0 unspecified atom stereocenters. The average Bonchev–Trinajstić information content (AvgIpc) is 2.90. The lowest BCUT2D eigenvalue weighted by Crippen LogP contribution is -2.24. The van der Waals surface area contributed by atoms with E-state index in [4.69, 9.17) is 4.74 Å². The molecule has 3 rings (SSSR count). The van der Waals surface area contributed by atoms with Crippen LogP contribution in [-0.2, 0) is 11.2 Å². The van der Waals surface area contributed by atoms with Crippen LogP contribution < -0.4 is 10.1 Å². The van der Waals surface area contributed by atoms with Crippen LogP contribution in [0.5, 0.6) is 5.75 Å². The Morgan fingerprint density at radius 2 is 2.14 bits per heavy atom. The number of ether oxygens (including phenoxy) is 1. The number of rotatable bonds is 3. The van der Waals surface area contributed by atoms with Crippen molar-refractivity contribution in [2.24, 2.45) is 0 Å². The molecule has 0 aromatic heterocycles. The topological polar surface area (TPSA) is 38.3 Å². The number of carbonyl (C=O) groups is 1. The molecule has 1 amide bonds. The van der Waals surface area contributed by atoms with Crippen molar-refractivity contribution in [3.05, 3.63) is 53.6 Å². The quantitative estimate of drug-likeness (QED) is 0.940. The zero-order chi connectivity index (χ0) is 14.8. The van der Waals surface area contributed by atoms with Gasteiger partial charge in [0.05, 0.1) is 12.4 Å². The lowest BCUT2D eigenvalue weighted by molar-refractivity contribution is -0.115. The molecule has 0 saturated heterocycles. The van der Waals surface area contributed by atoms with Crippen molar-refractivity contribution in [1.82, 2.24) is 0 Å². The first kappa shape index (κ1) is 14.0. The molecule has 21 heavy (non-hydrogen) atoms. The van der Waals surface area contributed by atoms with Gasteiger partial charge in [-0.1, -0.05) is 23.8 Å². The van der Waals surface area contributed by atoms with Crippen LogP contribution in [0.1, 0.15) is 11.1 Å². The van der Waals surface area contributed by atoms with Crippen LogP contribution in [0.25, 0.3) is 0 Å². The Balaban J connectivity index is 1.70. The van der Waals surface area contributed by atoms with Gasteiger partial charge in [-0.3, -0.25) is 4.79 Å². The molecule has 4 heteroatoms. The van der Waals surface area contributed by atoms with Crippen LogP contribution in [0.4, 0.5) is 5.69 Å². The lowest BCUT2D eigenvalue weighted by Gasteiger charge is -2.10. The minimum atomic E-state index is -0.0620. The predicted octanol–water partition coefficient (Wildman–Crippen LogP) is 3.66. The van der Waals surface area contributed by atoms with E-state index in [1.165, 1.54) is 16.0 Å². The minimum Gasteiger partial charge on any atom is -0.497 e. The van der Waals surface area contributed by atoms with Gasteiger partial charge in [-0.05, 0) is 37.1 Å². The minimum absolute atomic E-state index is 0.0436. The summed E-state index contributed by atoms with van der Waals surface area (Å²) < 4.78 is 5.17. The van der Waals surface area contributed by atoms with E-state index in [-0.39, 0.29) is 11.2 Å². The van der Waals surface area contributed by atoms with E-state index in [1.54, 1.807) is 18.9 Å². The van der Waals surface area contributed by atoms with Gasteiger partial charge in [0.2, 0.25) is 5.91 Å². The maximum Gasteiger partial charge on any atom is 0.238 e. The normalized spacial score (nSPS) is 16.4. The molecule has 0 fully saturated rings. The third-order valence-electron chi connectivity index (χ3n) is 3.53. The number of thioether (sulfide) groups is 1. The Hall–Kier alpha value is -1.94. The van der Waals surface area contributed by atoms with E-state index in [2.05, 4.69) is 30.4 Å². The van der Waals surface area contributed by atoms with Crippen molar-refractivity contribution in [3.63, 3.8) is 0 Å². The third kappa shape index (κ3) is 3.05. The molecule has 1 N–H and O–H groups in total. The Morgan fingerprint density at radius 3 is 2.95 bits per heavy atom. The highest BCUT2D eigenvalue weighted by Crippen LogP contribution is 2.38. The Bertz CT molecular complexity index is 684. The summed E-state index contributed by atoms with van der Waals surface area (Å²) in [6.07, 6.45) is 0.788. The molecule has 0 spiro atoms.